The van der Waals surface area contributed by atoms with E-state index < -0.39 is 47.9 Å². The van der Waals surface area contributed by atoms with Crippen molar-refractivity contribution in [3.63, 3.8) is 0 Å². The summed E-state index contributed by atoms with van der Waals surface area (Å²) >= 11 is 1.49. The second kappa shape index (κ2) is 11.7. The summed E-state index contributed by atoms with van der Waals surface area (Å²) in [4.78, 5) is 47.4. The third kappa shape index (κ3) is 8.52. The third-order valence-corrected chi connectivity index (χ3v) is 4.39. The minimum atomic E-state index is -1.17. The first-order valence-corrected chi connectivity index (χ1v) is 9.79. The average molecular weight is 391 g/mol. The van der Waals surface area contributed by atoms with Gasteiger partial charge in [0.25, 0.3) is 0 Å². The molecular weight excluding hydrogens is 360 g/mol. The Hall–Kier alpha value is -1.81. The fourth-order valence-electron chi connectivity index (χ4n) is 1.85. The lowest BCUT2D eigenvalue weighted by Gasteiger charge is -2.23. The summed E-state index contributed by atoms with van der Waals surface area (Å²) in [5, 5.41) is 16.3. The van der Waals surface area contributed by atoms with Crippen molar-refractivity contribution in [1.29, 1.82) is 0 Å². The van der Waals surface area contributed by atoms with Gasteiger partial charge >= 0.3 is 5.97 Å². The molecule has 6 N–H and O–H groups in total. The molecule has 0 unspecified atom stereocenters. The van der Waals surface area contributed by atoms with Crippen LogP contribution in [-0.4, -0.2) is 65.0 Å². The molecule has 150 valence electrons. The Balaban J connectivity index is 4.87. The molecule has 0 heterocycles. The molecule has 0 aliphatic rings. The fraction of sp³-hybridized carbons (Fsp3) is 0.750. The number of hydrogen-bond acceptors (Lipinski definition) is 6. The van der Waals surface area contributed by atoms with Gasteiger partial charge in [0.2, 0.25) is 17.7 Å². The molecule has 0 aliphatic carbocycles. The molecule has 10 heteroatoms. The normalized spacial score (nSPS) is 15.5. The zero-order valence-electron chi connectivity index (χ0n) is 15.9. The molecule has 0 bridgehead atoms. The van der Waals surface area contributed by atoms with Crippen molar-refractivity contribution in [3.8, 4) is 0 Å². The van der Waals surface area contributed by atoms with Gasteiger partial charge < -0.3 is 26.8 Å². The van der Waals surface area contributed by atoms with E-state index in [2.05, 4.69) is 16.0 Å². The number of carbonyl (C=O) groups is 4. The first kappa shape index (κ1) is 24.2. The Morgan fingerprint density at radius 3 is 1.92 bits per heavy atom. The fourth-order valence-corrected chi connectivity index (χ4v) is 2.33. The van der Waals surface area contributed by atoms with Gasteiger partial charge in [-0.15, -0.1) is 0 Å². The lowest BCUT2D eigenvalue weighted by Crippen LogP contribution is -2.56. The first-order valence-electron chi connectivity index (χ1n) is 8.39. The Kier molecular flexibility index (Phi) is 10.9. The predicted octanol–water partition coefficient (Wildman–Crippen LogP) is -0.698. The maximum absolute atomic E-state index is 12.3. The van der Waals surface area contributed by atoms with E-state index in [1.807, 2.05) is 6.26 Å². The van der Waals surface area contributed by atoms with E-state index in [0.29, 0.717) is 12.2 Å². The van der Waals surface area contributed by atoms with E-state index >= 15 is 0 Å². The highest BCUT2D eigenvalue weighted by Gasteiger charge is 2.27. The number of rotatable bonds is 11. The van der Waals surface area contributed by atoms with Crippen molar-refractivity contribution in [2.75, 3.05) is 12.0 Å². The van der Waals surface area contributed by atoms with Gasteiger partial charge in [-0.25, -0.2) is 0 Å². The van der Waals surface area contributed by atoms with Crippen LogP contribution in [0.5, 0.6) is 0 Å². The number of aliphatic carboxylic acids is 1. The number of carboxylic acid groups (broad SMARTS) is 1. The highest BCUT2D eigenvalue weighted by Crippen LogP contribution is 2.03. The van der Waals surface area contributed by atoms with Crippen molar-refractivity contribution in [2.45, 2.75) is 58.3 Å². The van der Waals surface area contributed by atoms with Crippen molar-refractivity contribution in [1.82, 2.24) is 16.0 Å². The smallest absolute Gasteiger partial charge is 0.325 e. The minimum Gasteiger partial charge on any atom is -0.480 e. The van der Waals surface area contributed by atoms with Crippen molar-refractivity contribution in [3.05, 3.63) is 0 Å². The highest BCUT2D eigenvalue weighted by atomic mass is 32.2. The largest absolute Gasteiger partial charge is 0.480 e. The van der Waals surface area contributed by atoms with E-state index in [1.165, 1.54) is 25.6 Å². The van der Waals surface area contributed by atoms with Gasteiger partial charge in [-0.3, -0.25) is 19.2 Å². The molecule has 0 spiro atoms. The van der Waals surface area contributed by atoms with E-state index in [-0.39, 0.29) is 5.92 Å². The SMILES string of the molecule is CSCC[C@H](NC(=O)[C@H](C)NC(=O)[C@@H](N)C(C)C)C(=O)N[C@@H](C)C(=O)O. The molecule has 9 nitrogen and oxygen atoms in total. The van der Waals surface area contributed by atoms with Crippen LogP contribution in [0.2, 0.25) is 0 Å². The molecule has 0 saturated heterocycles. The average Bonchev–Trinajstić information content (AvgIpc) is 2.56. The van der Waals surface area contributed by atoms with Gasteiger partial charge in [0.05, 0.1) is 6.04 Å². The Labute approximate surface area is 158 Å². The minimum absolute atomic E-state index is 0.0807. The summed E-state index contributed by atoms with van der Waals surface area (Å²) < 4.78 is 0. The summed E-state index contributed by atoms with van der Waals surface area (Å²) in [7, 11) is 0. The van der Waals surface area contributed by atoms with E-state index in [4.69, 9.17) is 10.8 Å². The Morgan fingerprint density at radius 2 is 1.46 bits per heavy atom. The van der Waals surface area contributed by atoms with Crippen LogP contribution in [0.15, 0.2) is 0 Å². The van der Waals surface area contributed by atoms with Crippen LogP contribution < -0.4 is 21.7 Å². The van der Waals surface area contributed by atoms with Gasteiger partial charge in [-0.2, -0.15) is 11.8 Å². The van der Waals surface area contributed by atoms with Crippen molar-refractivity contribution in [2.24, 2.45) is 11.7 Å². The van der Waals surface area contributed by atoms with Crippen LogP contribution in [0.25, 0.3) is 0 Å². The number of amides is 3. The maximum Gasteiger partial charge on any atom is 0.325 e. The standard InChI is InChI=1S/C16H30N4O5S/c1-8(2)12(17)15(23)18-9(3)13(21)20-11(6-7-26-5)14(22)19-10(4)16(24)25/h8-12H,6-7,17H2,1-5H3,(H,18,23)(H,19,22)(H,20,21)(H,24,25)/t9-,10-,11-,12-/m0/s1. The Morgan fingerprint density at radius 1 is 0.923 bits per heavy atom. The molecule has 0 fully saturated rings. The van der Waals surface area contributed by atoms with Crippen LogP contribution in [0.4, 0.5) is 0 Å². The molecule has 4 atom stereocenters. The summed E-state index contributed by atoms with van der Waals surface area (Å²) in [5.41, 5.74) is 5.74. The predicted molar refractivity (Wildman–Crippen MR) is 101 cm³/mol. The monoisotopic (exact) mass is 390 g/mol. The molecule has 0 radical (unpaired) electrons. The van der Waals surface area contributed by atoms with Crippen molar-refractivity contribution < 1.29 is 24.3 Å². The van der Waals surface area contributed by atoms with Crippen LogP contribution in [0.1, 0.15) is 34.1 Å². The van der Waals surface area contributed by atoms with Gasteiger partial charge in [0, 0.05) is 0 Å². The molecule has 0 rings (SSSR count). The lowest BCUT2D eigenvalue weighted by molar-refractivity contribution is -0.141. The number of carbonyl (C=O) groups excluding carboxylic acids is 3. The van der Waals surface area contributed by atoms with Crippen molar-refractivity contribution >= 4 is 35.5 Å². The van der Waals surface area contributed by atoms with Crippen LogP contribution in [0, 0.1) is 5.92 Å². The first-order chi connectivity index (χ1) is 12.0. The van der Waals surface area contributed by atoms with Crippen LogP contribution in [-0.2, 0) is 19.2 Å². The summed E-state index contributed by atoms with van der Waals surface area (Å²) in [6, 6.07) is -3.58. The maximum atomic E-state index is 12.3. The van der Waals surface area contributed by atoms with Gasteiger partial charge in [0.15, 0.2) is 0 Å². The summed E-state index contributed by atoms with van der Waals surface area (Å²) in [6.07, 6.45) is 2.18. The molecule has 26 heavy (non-hydrogen) atoms. The van der Waals surface area contributed by atoms with Crippen LogP contribution in [0.3, 0.4) is 0 Å². The zero-order chi connectivity index (χ0) is 20.4. The number of thioether (sulfide) groups is 1. The number of nitrogens with two attached hydrogens (primary N) is 1. The van der Waals surface area contributed by atoms with E-state index in [9.17, 15) is 19.2 Å². The number of hydrogen-bond donors (Lipinski definition) is 5. The molecular formula is C16H30N4O5S. The molecule has 0 aliphatic heterocycles. The summed E-state index contributed by atoms with van der Waals surface area (Å²) in [6.45, 7) is 6.41. The van der Waals surface area contributed by atoms with Crippen LogP contribution >= 0.6 is 11.8 Å². The molecule has 0 aromatic carbocycles. The van der Waals surface area contributed by atoms with E-state index in [1.54, 1.807) is 13.8 Å². The number of carboxylic acids is 1. The third-order valence-electron chi connectivity index (χ3n) is 3.75. The molecule has 0 aromatic heterocycles. The lowest BCUT2D eigenvalue weighted by atomic mass is 10.0. The molecule has 0 saturated carbocycles. The second-order valence-electron chi connectivity index (χ2n) is 6.41. The van der Waals surface area contributed by atoms with E-state index in [0.717, 1.165) is 0 Å². The van der Waals surface area contributed by atoms with Gasteiger partial charge in [-0.05, 0) is 38.2 Å². The van der Waals surface area contributed by atoms with Gasteiger partial charge in [0.1, 0.15) is 18.1 Å². The zero-order valence-corrected chi connectivity index (χ0v) is 16.7. The Bertz CT molecular complexity index is 515. The quantitative estimate of drug-likeness (QED) is 0.313. The summed E-state index contributed by atoms with van der Waals surface area (Å²) in [5.74, 6) is -2.23. The molecule has 3 amide bonds. The number of nitrogens with one attached hydrogen (secondary N) is 3. The second-order valence-corrected chi connectivity index (χ2v) is 7.40. The molecule has 0 aromatic rings. The van der Waals surface area contributed by atoms with Gasteiger partial charge in [-0.1, -0.05) is 13.8 Å². The highest BCUT2D eigenvalue weighted by molar-refractivity contribution is 7.98. The topological polar surface area (TPSA) is 151 Å².